The summed E-state index contributed by atoms with van der Waals surface area (Å²) in [5, 5.41) is 11.7. The number of carboxylic acid groups (broad SMARTS) is 1. The molecule has 0 radical (unpaired) electrons. The molecular formula is C19H15ClO2S. The molecule has 0 unspecified atom stereocenters. The first-order valence-corrected chi connectivity index (χ1v) is 8.54. The lowest BCUT2D eigenvalue weighted by Gasteiger charge is -2.10. The molecule has 0 spiro atoms. The number of rotatable bonds is 5. The van der Waals surface area contributed by atoms with Gasteiger partial charge in [0.15, 0.2) is 0 Å². The molecule has 3 aromatic rings. The minimum Gasteiger partial charge on any atom is -0.481 e. The number of carbonyl (C=O) groups is 1. The largest absolute Gasteiger partial charge is 0.481 e. The van der Waals surface area contributed by atoms with Gasteiger partial charge in [-0.1, -0.05) is 48.0 Å². The van der Waals surface area contributed by atoms with E-state index in [1.54, 1.807) is 11.3 Å². The van der Waals surface area contributed by atoms with Gasteiger partial charge < -0.3 is 5.11 Å². The number of thiophene rings is 1. The number of halogens is 1. The second-order valence-electron chi connectivity index (χ2n) is 5.22. The number of hydrogen-bond acceptors (Lipinski definition) is 2. The first-order chi connectivity index (χ1) is 11.1. The predicted octanol–water partition coefficient (Wildman–Crippen LogP) is 5.75. The molecule has 0 aliphatic heterocycles. The quantitative estimate of drug-likeness (QED) is 0.640. The molecule has 0 saturated carbocycles. The van der Waals surface area contributed by atoms with Crippen molar-refractivity contribution in [2.75, 3.05) is 0 Å². The molecular weight excluding hydrogens is 328 g/mol. The SMILES string of the molecule is O=C(O)CCc1ccccc1-c1ccsc1-c1ccc(Cl)cc1. The lowest BCUT2D eigenvalue weighted by Crippen LogP contribution is -1.98. The standard InChI is InChI=1S/C19H15ClO2S/c20-15-8-5-14(6-9-15)19-17(11-12-23-19)16-4-2-1-3-13(16)7-10-18(21)22/h1-6,8-9,11-12H,7,10H2,(H,21,22). The van der Waals surface area contributed by atoms with Gasteiger partial charge in [-0.3, -0.25) is 4.79 Å². The Labute approximate surface area is 144 Å². The summed E-state index contributed by atoms with van der Waals surface area (Å²) in [6.07, 6.45) is 0.666. The molecule has 4 heteroatoms. The van der Waals surface area contributed by atoms with Gasteiger partial charge in [-0.15, -0.1) is 11.3 Å². The predicted molar refractivity (Wildman–Crippen MR) is 96.2 cm³/mol. The maximum Gasteiger partial charge on any atom is 0.303 e. The average Bonchev–Trinajstić information content (AvgIpc) is 3.03. The van der Waals surface area contributed by atoms with Gasteiger partial charge in [0.2, 0.25) is 0 Å². The van der Waals surface area contributed by atoms with Gasteiger partial charge in [0.05, 0.1) is 0 Å². The molecule has 1 heterocycles. The zero-order valence-electron chi connectivity index (χ0n) is 12.3. The highest BCUT2D eigenvalue weighted by molar-refractivity contribution is 7.14. The van der Waals surface area contributed by atoms with Gasteiger partial charge in [-0.2, -0.15) is 0 Å². The number of aryl methyl sites for hydroxylation is 1. The van der Waals surface area contributed by atoms with Crippen LogP contribution in [-0.4, -0.2) is 11.1 Å². The molecule has 1 N–H and O–H groups in total. The molecule has 0 aliphatic rings. The van der Waals surface area contributed by atoms with Crippen LogP contribution in [0.1, 0.15) is 12.0 Å². The number of hydrogen-bond donors (Lipinski definition) is 1. The Morgan fingerprint density at radius 2 is 1.74 bits per heavy atom. The molecule has 23 heavy (non-hydrogen) atoms. The smallest absolute Gasteiger partial charge is 0.303 e. The van der Waals surface area contributed by atoms with Crippen LogP contribution < -0.4 is 0 Å². The van der Waals surface area contributed by atoms with Crippen molar-refractivity contribution in [2.24, 2.45) is 0 Å². The highest BCUT2D eigenvalue weighted by Crippen LogP contribution is 2.38. The van der Waals surface area contributed by atoms with E-state index in [1.807, 2.05) is 42.5 Å². The van der Waals surface area contributed by atoms with Crippen molar-refractivity contribution in [2.45, 2.75) is 12.8 Å². The summed E-state index contributed by atoms with van der Waals surface area (Å²) < 4.78 is 0. The van der Waals surface area contributed by atoms with E-state index in [4.69, 9.17) is 16.7 Å². The van der Waals surface area contributed by atoms with Crippen LogP contribution in [-0.2, 0) is 11.2 Å². The third kappa shape index (κ3) is 3.63. The van der Waals surface area contributed by atoms with Crippen LogP contribution >= 0.6 is 22.9 Å². The van der Waals surface area contributed by atoms with Crippen LogP contribution in [0.5, 0.6) is 0 Å². The van der Waals surface area contributed by atoms with E-state index in [1.165, 1.54) is 4.88 Å². The minimum atomic E-state index is -0.775. The van der Waals surface area contributed by atoms with E-state index in [0.29, 0.717) is 11.4 Å². The van der Waals surface area contributed by atoms with Gasteiger partial charge in [0.25, 0.3) is 0 Å². The van der Waals surface area contributed by atoms with Gasteiger partial charge in [0, 0.05) is 21.9 Å². The minimum absolute atomic E-state index is 0.136. The Bertz CT molecular complexity index is 821. The Morgan fingerprint density at radius 3 is 2.48 bits per heavy atom. The molecule has 116 valence electrons. The molecule has 2 aromatic carbocycles. The molecule has 3 rings (SSSR count). The van der Waals surface area contributed by atoms with E-state index in [0.717, 1.165) is 22.3 Å². The van der Waals surface area contributed by atoms with Crippen LogP contribution in [0.25, 0.3) is 21.6 Å². The van der Waals surface area contributed by atoms with Crippen LogP contribution in [0.2, 0.25) is 5.02 Å². The van der Waals surface area contributed by atoms with Crippen molar-refractivity contribution in [3.05, 3.63) is 70.6 Å². The van der Waals surface area contributed by atoms with Gasteiger partial charge in [-0.05, 0) is 46.7 Å². The second kappa shape index (κ2) is 6.99. The Balaban J connectivity index is 2.02. The summed E-state index contributed by atoms with van der Waals surface area (Å²) in [4.78, 5) is 12.1. The fourth-order valence-corrected chi connectivity index (χ4v) is 3.63. The number of carboxylic acids is 1. The molecule has 0 fully saturated rings. The lowest BCUT2D eigenvalue weighted by atomic mass is 9.95. The number of benzene rings is 2. The summed E-state index contributed by atoms with van der Waals surface area (Å²) >= 11 is 7.65. The van der Waals surface area contributed by atoms with Crippen molar-refractivity contribution in [1.29, 1.82) is 0 Å². The summed E-state index contributed by atoms with van der Waals surface area (Å²) in [5.41, 5.74) is 4.41. The molecule has 1 aromatic heterocycles. The third-order valence-electron chi connectivity index (χ3n) is 3.69. The number of aliphatic carboxylic acids is 1. The zero-order chi connectivity index (χ0) is 16.2. The van der Waals surface area contributed by atoms with Crippen LogP contribution in [0.15, 0.2) is 60.0 Å². The van der Waals surface area contributed by atoms with E-state index < -0.39 is 5.97 Å². The van der Waals surface area contributed by atoms with Gasteiger partial charge >= 0.3 is 5.97 Å². The normalized spacial score (nSPS) is 10.7. The van der Waals surface area contributed by atoms with Crippen LogP contribution in [0, 0.1) is 0 Å². The van der Waals surface area contributed by atoms with E-state index in [-0.39, 0.29) is 6.42 Å². The van der Waals surface area contributed by atoms with Crippen LogP contribution in [0.4, 0.5) is 0 Å². The Kier molecular flexibility index (Phi) is 4.79. The van der Waals surface area contributed by atoms with E-state index in [2.05, 4.69) is 17.5 Å². The third-order valence-corrected chi connectivity index (χ3v) is 4.90. The fraction of sp³-hybridized carbons (Fsp3) is 0.105. The molecule has 0 aliphatic carbocycles. The molecule has 2 nitrogen and oxygen atoms in total. The monoisotopic (exact) mass is 342 g/mol. The fourth-order valence-electron chi connectivity index (χ4n) is 2.59. The van der Waals surface area contributed by atoms with E-state index >= 15 is 0 Å². The van der Waals surface area contributed by atoms with Crippen molar-refractivity contribution in [3.8, 4) is 21.6 Å². The van der Waals surface area contributed by atoms with Crippen molar-refractivity contribution in [1.82, 2.24) is 0 Å². The highest BCUT2D eigenvalue weighted by Gasteiger charge is 2.13. The van der Waals surface area contributed by atoms with Crippen molar-refractivity contribution < 1.29 is 9.90 Å². The maximum absolute atomic E-state index is 10.9. The summed E-state index contributed by atoms with van der Waals surface area (Å²) in [6.45, 7) is 0. The molecule has 0 saturated heterocycles. The molecule has 0 amide bonds. The van der Waals surface area contributed by atoms with Crippen LogP contribution in [0.3, 0.4) is 0 Å². The van der Waals surface area contributed by atoms with Gasteiger partial charge in [0.1, 0.15) is 0 Å². The summed E-state index contributed by atoms with van der Waals surface area (Å²) in [7, 11) is 0. The topological polar surface area (TPSA) is 37.3 Å². The maximum atomic E-state index is 10.9. The summed E-state index contributed by atoms with van der Waals surface area (Å²) in [6, 6.07) is 17.9. The summed E-state index contributed by atoms with van der Waals surface area (Å²) in [5.74, 6) is -0.775. The highest BCUT2D eigenvalue weighted by atomic mass is 35.5. The molecule has 0 bridgehead atoms. The Morgan fingerprint density at radius 1 is 1.00 bits per heavy atom. The van der Waals surface area contributed by atoms with Crippen molar-refractivity contribution in [3.63, 3.8) is 0 Å². The molecule has 0 atom stereocenters. The van der Waals surface area contributed by atoms with Crippen molar-refractivity contribution >= 4 is 28.9 Å². The lowest BCUT2D eigenvalue weighted by molar-refractivity contribution is -0.136. The second-order valence-corrected chi connectivity index (χ2v) is 6.57. The first kappa shape index (κ1) is 15.8. The zero-order valence-corrected chi connectivity index (χ0v) is 13.9. The van der Waals surface area contributed by atoms with Gasteiger partial charge in [-0.25, -0.2) is 0 Å². The Hall–Kier alpha value is -2.10. The van der Waals surface area contributed by atoms with E-state index in [9.17, 15) is 4.79 Å². The first-order valence-electron chi connectivity index (χ1n) is 7.28. The average molecular weight is 343 g/mol.